The van der Waals surface area contributed by atoms with E-state index in [9.17, 15) is 9.90 Å². The summed E-state index contributed by atoms with van der Waals surface area (Å²) in [4.78, 5) is 11.3. The fourth-order valence-electron chi connectivity index (χ4n) is 2.17. The second-order valence-electron chi connectivity index (χ2n) is 4.75. The molecule has 2 aromatic rings. The zero-order valence-electron chi connectivity index (χ0n) is 12.1. The van der Waals surface area contributed by atoms with E-state index in [1.54, 1.807) is 11.7 Å². The second-order valence-corrected chi connectivity index (χ2v) is 6.48. The number of ether oxygens (including phenoxy) is 1. The van der Waals surface area contributed by atoms with E-state index in [1.165, 1.54) is 11.3 Å². The number of benzene rings is 1. The van der Waals surface area contributed by atoms with Crippen LogP contribution in [0.5, 0.6) is 11.6 Å². The number of aromatic hydroxyl groups is 1. The summed E-state index contributed by atoms with van der Waals surface area (Å²) in [5, 5.41) is 19.0. The average Bonchev–Trinajstić information content (AvgIpc) is 2.75. The van der Waals surface area contributed by atoms with Crippen molar-refractivity contribution in [2.24, 2.45) is 0 Å². The molecule has 118 valence electrons. The van der Waals surface area contributed by atoms with Crippen LogP contribution in [0.25, 0.3) is 0 Å². The summed E-state index contributed by atoms with van der Waals surface area (Å²) in [5.41, 5.74) is 0.967. The van der Waals surface area contributed by atoms with Gasteiger partial charge in [0.1, 0.15) is 5.75 Å². The van der Waals surface area contributed by atoms with Crippen LogP contribution in [0.2, 0.25) is 0 Å². The quantitative estimate of drug-likeness (QED) is 0.756. The van der Waals surface area contributed by atoms with Gasteiger partial charge in [0.25, 0.3) is 0 Å². The van der Waals surface area contributed by atoms with E-state index in [4.69, 9.17) is 22.1 Å². The molecule has 0 bridgehead atoms. The Morgan fingerprint density at radius 3 is 2.82 bits per heavy atom. The molecule has 0 saturated heterocycles. The van der Waals surface area contributed by atoms with Gasteiger partial charge in [-0.05, 0) is 30.3 Å². The van der Waals surface area contributed by atoms with Crippen molar-refractivity contribution in [2.45, 2.75) is 25.8 Å². The first-order valence-corrected chi connectivity index (χ1v) is 8.00. The van der Waals surface area contributed by atoms with Gasteiger partial charge in [0, 0.05) is 19.4 Å². The van der Waals surface area contributed by atoms with Crippen LogP contribution in [0, 0.1) is 3.95 Å². The highest BCUT2D eigenvalue weighted by Gasteiger charge is 2.14. The van der Waals surface area contributed by atoms with Gasteiger partial charge in [0.05, 0.1) is 12.0 Å². The van der Waals surface area contributed by atoms with Crippen LogP contribution in [0.1, 0.15) is 23.3 Å². The molecule has 0 aliphatic rings. The molecule has 0 unspecified atom stereocenters. The van der Waals surface area contributed by atoms with Crippen LogP contribution in [0.4, 0.5) is 0 Å². The lowest BCUT2D eigenvalue weighted by molar-refractivity contribution is -0.137. The topological polar surface area (TPSA) is 71.7 Å². The van der Waals surface area contributed by atoms with Crippen LogP contribution < -0.4 is 4.74 Å². The summed E-state index contributed by atoms with van der Waals surface area (Å²) in [6, 6.07) is 7.62. The summed E-state index contributed by atoms with van der Waals surface area (Å²) >= 11 is 6.60. The Hall–Kier alpha value is -1.86. The molecule has 1 heterocycles. The second kappa shape index (κ2) is 7.42. The Labute approximate surface area is 137 Å². The van der Waals surface area contributed by atoms with Crippen molar-refractivity contribution in [3.05, 3.63) is 38.7 Å². The summed E-state index contributed by atoms with van der Waals surface area (Å²) < 4.78 is 7.45. The van der Waals surface area contributed by atoms with E-state index >= 15 is 0 Å². The molecule has 0 aliphatic heterocycles. The monoisotopic (exact) mass is 339 g/mol. The highest BCUT2D eigenvalue weighted by Crippen LogP contribution is 2.31. The van der Waals surface area contributed by atoms with Gasteiger partial charge >= 0.3 is 5.97 Å². The van der Waals surface area contributed by atoms with Crippen molar-refractivity contribution in [2.75, 3.05) is 7.11 Å². The van der Waals surface area contributed by atoms with Crippen LogP contribution in [0.15, 0.2) is 24.3 Å². The Kier molecular flexibility index (Phi) is 5.57. The maximum absolute atomic E-state index is 10.6. The number of para-hydroxylation sites is 1. The van der Waals surface area contributed by atoms with Gasteiger partial charge in [0.2, 0.25) is 5.88 Å². The number of methoxy groups -OCH3 is 1. The van der Waals surface area contributed by atoms with Gasteiger partial charge in [-0.2, -0.15) is 0 Å². The highest BCUT2D eigenvalue weighted by atomic mass is 32.1. The number of carbonyl (C=O) groups is 1. The van der Waals surface area contributed by atoms with Crippen molar-refractivity contribution in [1.82, 2.24) is 4.57 Å². The summed E-state index contributed by atoms with van der Waals surface area (Å²) in [6.07, 6.45) is 1.01. The fraction of sp³-hybridized carbons (Fsp3) is 0.333. The Morgan fingerprint density at radius 1 is 1.41 bits per heavy atom. The maximum Gasteiger partial charge on any atom is 0.303 e. The summed E-state index contributed by atoms with van der Waals surface area (Å²) in [7, 11) is 1.61. The molecule has 0 atom stereocenters. The molecule has 0 amide bonds. The van der Waals surface area contributed by atoms with Gasteiger partial charge in [-0.15, -0.1) is 11.3 Å². The Morgan fingerprint density at radius 2 is 2.14 bits per heavy atom. The van der Waals surface area contributed by atoms with Crippen molar-refractivity contribution >= 4 is 29.5 Å². The maximum atomic E-state index is 10.6. The third kappa shape index (κ3) is 3.86. The lowest BCUT2D eigenvalue weighted by Gasteiger charge is -2.07. The third-order valence-corrected chi connectivity index (χ3v) is 4.69. The molecule has 1 aromatic heterocycles. The number of hydrogen-bond acceptors (Lipinski definition) is 5. The zero-order valence-corrected chi connectivity index (χ0v) is 13.7. The minimum absolute atomic E-state index is 0.0545. The van der Waals surface area contributed by atoms with Crippen molar-refractivity contribution in [3.63, 3.8) is 0 Å². The lowest BCUT2D eigenvalue weighted by atomic mass is 10.1. The number of thiazole rings is 1. The Bertz CT molecular complexity index is 721. The lowest BCUT2D eigenvalue weighted by Crippen LogP contribution is -2.02. The van der Waals surface area contributed by atoms with E-state index in [0.29, 0.717) is 23.3 Å². The van der Waals surface area contributed by atoms with E-state index in [2.05, 4.69) is 0 Å². The van der Waals surface area contributed by atoms with Gasteiger partial charge in [-0.25, -0.2) is 0 Å². The number of nitrogens with zero attached hydrogens (tertiary/aromatic N) is 1. The molecule has 22 heavy (non-hydrogen) atoms. The van der Waals surface area contributed by atoms with Crippen LogP contribution >= 0.6 is 23.6 Å². The van der Waals surface area contributed by atoms with Gasteiger partial charge in [0.15, 0.2) is 3.95 Å². The smallest absolute Gasteiger partial charge is 0.303 e. The largest absolute Gasteiger partial charge is 0.496 e. The first-order chi connectivity index (χ1) is 10.5. The molecule has 5 nitrogen and oxygen atoms in total. The molecule has 7 heteroatoms. The minimum Gasteiger partial charge on any atom is -0.496 e. The number of hydrogen-bond donors (Lipinski definition) is 2. The van der Waals surface area contributed by atoms with Gasteiger partial charge < -0.3 is 14.9 Å². The van der Waals surface area contributed by atoms with Crippen LogP contribution in [-0.2, 0) is 17.8 Å². The molecule has 0 fully saturated rings. The van der Waals surface area contributed by atoms with E-state index in [1.807, 2.05) is 24.3 Å². The minimum atomic E-state index is -0.851. The number of carboxylic acids is 1. The number of rotatable bonds is 7. The van der Waals surface area contributed by atoms with Crippen molar-refractivity contribution in [3.8, 4) is 11.6 Å². The third-order valence-electron chi connectivity index (χ3n) is 3.25. The Balaban J connectivity index is 2.19. The predicted molar refractivity (Wildman–Crippen MR) is 87.5 cm³/mol. The molecule has 2 rings (SSSR count). The van der Waals surface area contributed by atoms with Gasteiger partial charge in [-0.1, -0.05) is 18.2 Å². The molecule has 0 radical (unpaired) electrons. The molecule has 0 aliphatic carbocycles. The predicted octanol–water partition coefficient (Wildman–Crippen LogP) is 3.45. The average molecular weight is 339 g/mol. The van der Waals surface area contributed by atoms with Crippen molar-refractivity contribution in [1.29, 1.82) is 0 Å². The number of aromatic nitrogens is 1. The highest BCUT2D eigenvalue weighted by molar-refractivity contribution is 7.73. The van der Waals surface area contributed by atoms with E-state index < -0.39 is 5.97 Å². The summed E-state index contributed by atoms with van der Waals surface area (Å²) in [5.74, 6) is 0.0282. The first kappa shape index (κ1) is 16.5. The molecule has 0 saturated carbocycles. The molecular weight excluding hydrogens is 322 g/mol. The standard InChI is InChI=1S/C15H17NO4S2/c1-20-11-6-3-2-5-10(11)9-12-14(19)16(15(21)22-12)8-4-7-13(17)18/h2-3,5-6,19H,4,7-9H2,1H3,(H,17,18). The molecular formula is C15H17NO4S2. The zero-order chi connectivity index (χ0) is 16.1. The van der Waals surface area contributed by atoms with Gasteiger partial charge in [-0.3, -0.25) is 9.36 Å². The first-order valence-electron chi connectivity index (χ1n) is 6.78. The van der Waals surface area contributed by atoms with Crippen LogP contribution in [0.3, 0.4) is 0 Å². The SMILES string of the molecule is COc1ccccc1Cc1sc(=S)n(CCCC(=O)O)c1O. The molecule has 1 aromatic carbocycles. The summed E-state index contributed by atoms with van der Waals surface area (Å²) in [6.45, 7) is 0.402. The van der Waals surface area contributed by atoms with Crippen molar-refractivity contribution < 1.29 is 19.7 Å². The van der Waals surface area contributed by atoms with E-state index in [-0.39, 0.29) is 12.3 Å². The fourth-order valence-corrected chi connectivity index (χ4v) is 3.57. The van der Waals surface area contributed by atoms with E-state index in [0.717, 1.165) is 16.2 Å². The molecule has 2 N–H and O–H groups in total. The normalized spacial score (nSPS) is 10.6. The number of carboxylic acid groups (broad SMARTS) is 1. The molecule has 0 spiro atoms. The number of aliphatic carboxylic acids is 1. The van der Waals surface area contributed by atoms with Crippen LogP contribution in [-0.4, -0.2) is 27.9 Å².